The molecule has 0 saturated heterocycles. The highest BCUT2D eigenvalue weighted by Gasteiger charge is 2.13. The van der Waals surface area contributed by atoms with Gasteiger partial charge >= 0.3 is 0 Å². The van der Waals surface area contributed by atoms with Gasteiger partial charge in [-0.3, -0.25) is 16.3 Å². The number of hydrogen-bond donors (Lipinski definition) is 2. The number of pyridine rings is 1. The molecule has 0 aliphatic rings. The SMILES string of the molecule is CCc1ccc(CC(NN)c2cc(Cl)cc(Br)c2)nc1. The minimum absolute atomic E-state index is 0.0232. The lowest BCUT2D eigenvalue weighted by molar-refractivity contribution is 0.545. The molecule has 2 rings (SSSR count). The smallest absolute Gasteiger partial charge is 0.0516 e. The highest BCUT2D eigenvalue weighted by Crippen LogP contribution is 2.25. The van der Waals surface area contributed by atoms with Crippen LogP contribution in [-0.2, 0) is 12.8 Å². The van der Waals surface area contributed by atoms with Crippen molar-refractivity contribution in [2.75, 3.05) is 0 Å². The van der Waals surface area contributed by atoms with Gasteiger partial charge in [0.05, 0.1) is 6.04 Å². The third-order valence-corrected chi connectivity index (χ3v) is 3.87. The third-order valence-electron chi connectivity index (χ3n) is 3.20. The lowest BCUT2D eigenvalue weighted by atomic mass is 10.0. The largest absolute Gasteiger partial charge is 0.271 e. The Kier molecular flexibility index (Phi) is 5.54. The van der Waals surface area contributed by atoms with E-state index in [0.29, 0.717) is 11.4 Å². The van der Waals surface area contributed by atoms with Crippen LogP contribution in [0, 0.1) is 0 Å². The van der Waals surface area contributed by atoms with E-state index in [0.717, 1.165) is 22.2 Å². The molecule has 0 radical (unpaired) electrons. The van der Waals surface area contributed by atoms with Crippen molar-refractivity contribution in [1.82, 2.24) is 10.4 Å². The van der Waals surface area contributed by atoms with Gasteiger partial charge in [0.25, 0.3) is 0 Å². The predicted molar refractivity (Wildman–Crippen MR) is 86.5 cm³/mol. The molecule has 5 heteroatoms. The van der Waals surface area contributed by atoms with Gasteiger partial charge in [0.1, 0.15) is 0 Å². The second-order valence-corrected chi connectivity index (χ2v) is 5.99. The van der Waals surface area contributed by atoms with Crippen molar-refractivity contribution in [3.05, 3.63) is 62.8 Å². The number of hydrogen-bond acceptors (Lipinski definition) is 3. The number of benzene rings is 1. The van der Waals surface area contributed by atoms with Gasteiger partial charge in [0.2, 0.25) is 0 Å². The molecular formula is C15H17BrClN3. The summed E-state index contributed by atoms with van der Waals surface area (Å²) in [5.41, 5.74) is 6.10. The molecule has 1 unspecified atom stereocenters. The molecular weight excluding hydrogens is 338 g/mol. The molecule has 1 aromatic heterocycles. The van der Waals surface area contributed by atoms with E-state index < -0.39 is 0 Å². The normalized spacial score (nSPS) is 12.4. The van der Waals surface area contributed by atoms with E-state index in [1.165, 1.54) is 5.56 Å². The van der Waals surface area contributed by atoms with Crippen LogP contribution in [0.1, 0.15) is 29.8 Å². The van der Waals surface area contributed by atoms with Crippen molar-refractivity contribution in [2.45, 2.75) is 25.8 Å². The molecule has 1 heterocycles. The molecule has 3 N–H and O–H groups in total. The molecule has 106 valence electrons. The fourth-order valence-corrected chi connectivity index (χ4v) is 2.93. The summed E-state index contributed by atoms with van der Waals surface area (Å²) < 4.78 is 0.939. The van der Waals surface area contributed by atoms with E-state index >= 15 is 0 Å². The summed E-state index contributed by atoms with van der Waals surface area (Å²) in [6.07, 6.45) is 3.62. The summed E-state index contributed by atoms with van der Waals surface area (Å²) in [4.78, 5) is 4.47. The Morgan fingerprint density at radius 1 is 1.35 bits per heavy atom. The van der Waals surface area contributed by atoms with E-state index in [9.17, 15) is 0 Å². The fourth-order valence-electron chi connectivity index (χ4n) is 2.04. The van der Waals surface area contributed by atoms with E-state index in [-0.39, 0.29) is 6.04 Å². The third kappa shape index (κ3) is 4.03. The number of nitrogens with zero attached hydrogens (tertiary/aromatic N) is 1. The number of rotatable bonds is 5. The highest BCUT2D eigenvalue weighted by atomic mass is 79.9. The van der Waals surface area contributed by atoms with E-state index in [1.54, 1.807) is 0 Å². The van der Waals surface area contributed by atoms with E-state index in [2.05, 4.69) is 39.3 Å². The lowest BCUT2D eigenvalue weighted by Gasteiger charge is -2.17. The van der Waals surface area contributed by atoms with Crippen molar-refractivity contribution in [3.63, 3.8) is 0 Å². The minimum atomic E-state index is -0.0232. The first kappa shape index (κ1) is 15.4. The van der Waals surface area contributed by atoms with Crippen LogP contribution in [0.4, 0.5) is 0 Å². The molecule has 0 fully saturated rings. The van der Waals surface area contributed by atoms with Crippen molar-refractivity contribution < 1.29 is 0 Å². The molecule has 0 spiro atoms. The van der Waals surface area contributed by atoms with Crippen LogP contribution in [0.2, 0.25) is 5.02 Å². The van der Waals surface area contributed by atoms with Crippen molar-refractivity contribution in [3.8, 4) is 0 Å². The molecule has 20 heavy (non-hydrogen) atoms. The quantitative estimate of drug-likeness (QED) is 0.634. The van der Waals surface area contributed by atoms with Gasteiger partial charge in [0.15, 0.2) is 0 Å². The number of nitrogens with two attached hydrogens (primary N) is 1. The summed E-state index contributed by atoms with van der Waals surface area (Å²) >= 11 is 9.53. The Hall–Kier alpha value is -0.940. The second kappa shape index (κ2) is 7.18. The van der Waals surface area contributed by atoms with Crippen molar-refractivity contribution in [2.24, 2.45) is 5.84 Å². The van der Waals surface area contributed by atoms with Crippen LogP contribution in [0.5, 0.6) is 0 Å². The first-order valence-electron chi connectivity index (χ1n) is 6.48. The highest BCUT2D eigenvalue weighted by molar-refractivity contribution is 9.10. The van der Waals surface area contributed by atoms with Crippen LogP contribution in [0.3, 0.4) is 0 Å². The molecule has 0 bridgehead atoms. The summed E-state index contributed by atoms with van der Waals surface area (Å²) in [6.45, 7) is 2.12. The average Bonchev–Trinajstić information content (AvgIpc) is 2.44. The summed E-state index contributed by atoms with van der Waals surface area (Å²) in [5, 5.41) is 0.684. The molecule has 0 amide bonds. The van der Waals surface area contributed by atoms with Gasteiger partial charge in [-0.25, -0.2) is 0 Å². The average molecular weight is 355 g/mol. The zero-order valence-corrected chi connectivity index (χ0v) is 13.6. The van der Waals surface area contributed by atoms with Crippen molar-refractivity contribution >= 4 is 27.5 Å². The maximum absolute atomic E-state index is 6.08. The van der Waals surface area contributed by atoms with Crippen LogP contribution >= 0.6 is 27.5 Å². The summed E-state index contributed by atoms with van der Waals surface area (Å²) in [7, 11) is 0. The standard InChI is InChI=1S/C15H17BrClN3/c1-2-10-3-4-14(19-9-10)8-15(20-18)11-5-12(16)7-13(17)6-11/h3-7,9,15,20H,2,8,18H2,1H3. The number of nitrogens with one attached hydrogen (secondary N) is 1. The molecule has 2 aromatic rings. The fraction of sp³-hybridized carbons (Fsp3) is 0.267. The van der Waals surface area contributed by atoms with Gasteiger partial charge in [-0.15, -0.1) is 0 Å². The van der Waals surface area contributed by atoms with Gasteiger partial charge in [-0.2, -0.15) is 0 Å². The van der Waals surface area contributed by atoms with Crippen LogP contribution in [0.15, 0.2) is 41.0 Å². The van der Waals surface area contributed by atoms with Crippen LogP contribution in [-0.4, -0.2) is 4.98 Å². The summed E-state index contributed by atoms with van der Waals surface area (Å²) in [6, 6.07) is 9.90. The Morgan fingerprint density at radius 3 is 2.70 bits per heavy atom. The zero-order valence-electron chi connectivity index (χ0n) is 11.2. The maximum Gasteiger partial charge on any atom is 0.0516 e. The Morgan fingerprint density at radius 2 is 2.15 bits per heavy atom. The van der Waals surface area contributed by atoms with E-state index in [1.807, 2.05) is 30.5 Å². The molecule has 0 aliphatic carbocycles. The Labute approximate surface area is 132 Å². The van der Waals surface area contributed by atoms with Gasteiger partial charge in [-0.1, -0.05) is 40.5 Å². The first-order chi connectivity index (χ1) is 9.62. The predicted octanol–water partition coefficient (Wildman–Crippen LogP) is 3.81. The maximum atomic E-state index is 6.08. The second-order valence-electron chi connectivity index (χ2n) is 4.64. The molecule has 3 nitrogen and oxygen atoms in total. The van der Waals surface area contributed by atoms with Crippen LogP contribution < -0.4 is 11.3 Å². The topological polar surface area (TPSA) is 50.9 Å². The van der Waals surface area contributed by atoms with Gasteiger partial charge in [-0.05, 0) is 41.8 Å². The Bertz CT molecular complexity index is 552. The molecule has 1 atom stereocenters. The number of halogens is 2. The minimum Gasteiger partial charge on any atom is -0.271 e. The number of hydrazine groups is 1. The van der Waals surface area contributed by atoms with Gasteiger partial charge in [0, 0.05) is 27.8 Å². The molecule has 1 aromatic carbocycles. The molecule has 0 saturated carbocycles. The Balaban J connectivity index is 2.19. The monoisotopic (exact) mass is 353 g/mol. The van der Waals surface area contributed by atoms with Crippen LogP contribution in [0.25, 0.3) is 0 Å². The zero-order chi connectivity index (χ0) is 14.5. The number of aryl methyl sites for hydroxylation is 1. The summed E-state index contributed by atoms with van der Waals surface area (Å²) in [5.74, 6) is 5.67. The van der Waals surface area contributed by atoms with Gasteiger partial charge < -0.3 is 0 Å². The lowest BCUT2D eigenvalue weighted by Crippen LogP contribution is -2.29. The molecule has 0 aliphatic heterocycles. The number of aromatic nitrogens is 1. The van der Waals surface area contributed by atoms with Crippen molar-refractivity contribution in [1.29, 1.82) is 0 Å². The van der Waals surface area contributed by atoms with E-state index in [4.69, 9.17) is 17.4 Å². The first-order valence-corrected chi connectivity index (χ1v) is 7.65.